The highest BCUT2D eigenvalue weighted by Gasteiger charge is 2.26. The van der Waals surface area contributed by atoms with E-state index in [0.29, 0.717) is 12.5 Å². The third kappa shape index (κ3) is 3.95. The lowest BCUT2D eigenvalue weighted by molar-refractivity contribution is -0.149. The van der Waals surface area contributed by atoms with Crippen molar-refractivity contribution in [3.05, 3.63) is 0 Å². The van der Waals surface area contributed by atoms with Gasteiger partial charge in [-0.25, -0.2) is 0 Å². The second-order valence-corrected chi connectivity index (χ2v) is 4.24. The zero-order valence-corrected chi connectivity index (χ0v) is 9.50. The van der Waals surface area contributed by atoms with Crippen LogP contribution in [0.5, 0.6) is 0 Å². The van der Waals surface area contributed by atoms with Gasteiger partial charge in [0.1, 0.15) is 0 Å². The van der Waals surface area contributed by atoms with Crippen LogP contribution in [0.25, 0.3) is 0 Å². The first-order chi connectivity index (χ1) is 7.27. The number of carbonyl (C=O) groups is 1. The molecule has 0 aromatic heterocycles. The van der Waals surface area contributed by atoms with Gasteiger partial charge in [-0.15, -0.1) is 12.3 Å². The van der Waals surface area contributed by atoms with Crippen molar-refractivity contribution in [2.75, 3.05) is 6.61 Å². The van der Waals surface area contributed by atoms with Crippen LogP contribution in [0.3, 0.4) is 0 Å². The molecule has 0 spiro atoms. The Morgan fingerprint density at radius 3 is 2.60 bits per heavy atom. The summed E-state index contributed by atoms with van der Waals surface area (Å²) in [6, 6.07) is 0. The molecular weight excluding hydrogens is 188 g/mol. The van der Waals surface area contributed by atoms with E-state index in [1.807, 2.05) is 0 Å². The summed E-state index contributed by atoms with van der Waals surface area (Å²) < 4.78 is 5.20. The molecule has 0 aromatic carbocycles. The second-order valence-electron chi connectivity index (χ2n) is 4.24. The first-order valence-corrected chi connectivity index (χ1v) is 5.90. The van der Waals surface area contributed by atoms with Crippen molar-refractivity contribution in [3.8, 4) is 12.3 Å². The highest BCUT2D eigenvalue weighted by atomic mass is 16.5. The van der Waals surface area contributed by atoms with Gasteiger partial charge in [-0.05, 0) is 32.1 Å². The summed E-state index contributed by atoms with van der Waals surface area (Å²) in [6.07, 6.45) is 11.1. The Bertz CT molecular complexity index is 231. The van der Waals surface area contributed by atoms with Gasteiger partial charge < -0.3 is 4.74 Å². The molecule has 2 heteroatoms. The Balaban J connectivity index is 2.21. The number of terminal acetylenes is 1. The fourth-order valence-corrected chi connectivity index (χ4v) is 1.93. The predicted molar refractivity (Wildman–Crippen MR) is 60.1 cm³/mol. The molecule has 0 unspecified atom stereocenters. The second kappa shape index (κ2) is 6.50. The van der Waals surface area contributed by atoms with Crippen molar-refractivity contribution < 1.29 is 9.53 Å². The maximum absolute atomic E-state index is 11.6. The summed E-state index contributed by atoms with van der Waals surface area (Å²) >= 11 is 0. The van der Waals surface area contributed by atoms with E-state index in [4.69, 9.17) is 11.2 Å². The molecule has 1 aliphatic rings. The number of carbonyl (C=O) groups excluding carboxylic acids is 1. The van der Waals surface area contributed by atoms with Crippen molar-refractivity contribution in [3.63, 3.8) is 0 Å². The average Bonchev–Trinajstić information content (AvgIpc) is 2.29. The SMILES string of the molecule is C#CC1CCC(C(=O)OCCCC)CC1. The van der Waals surface area contributed by atoms with Crippen molar-refractivity contribution in [2.45, 2.75) is 45.4 Å². The van der Waals surface area contributed by atoms with E-state index in [0.717, 1.165) is 38.5 Å². The molecule has 0 heterocycles. The molecule has 1 aliphatic carbocycles. The van der Waals surface area contributed by atoms with Crippen LogP contribution in [-0.4, -0.2) is 12.6 Å². The number of esters is 1. The number of hydrogen-bond acceptors (Lipinski definition) is 2. The Kier molecular flexibility index (Phi) is 5.25. The Labute approximate surface area is 92.4 Å². The third-order valence-corrected chi connectivity index (χ3v) is 3.04. The van der Waals surface area contributed by atoms with Crippen LogP contribution in [0, 0.1) is 24.2 Å². The minimum absolute atomic E-state index is 0.0149. The van der Waals surface area contributed by atoms with Crippen molar-refractivity contribution >= 4 is 5.97 Å². The van der Waals surface area contributed by atoms with Gasteiger partial charge in [0.15, 0.2) is 0 Å². The van der Waals surface area contributed by atoms with Gasteiger partial charge in [-0.2, -0.15) is 0 Å². The maximum Gasteiger partial charge on any atom is 0.308 e. The summed E-state index contributed by atoms with van der Waals surface area (Å²) in [4.78, 5) is 11.6. The third-order valence-electron chi connectivity index (χ3n) is 3.04. The number of ether oxygens (including phenoxy) is 1. The molecule has 0 radical (unpaired) electrons. The van der Waals surface area contributed by atoms with E-state index in [2.05, 4.69) is 12.8 Å². The number of rotatable bonds is 4. The van der Waals surface area contributed by atoms with E-state index in [1.165, 1.54) is 0 Å². The lowest BCUT2D eigenvalue weighted by Gasteiger charge is -2.23. The van der Waals surface area contributed by atoms with Crippen LogP contribution >= 0.6 is 0 Å². The molecular formula is C13H20O2. The molecule has 15 heavy (non-hydrogen) atoms. The zero-order chi connectivity index (χ0) is 11.1. The molecule has 0 N–H and O–H groups in total. The molecule has 0 amide bonds. The zero-order valence-electron chi connectivity index (χ0n) is 9.50. The summed E-state index contributed by atoms with van der Waals surface area (Å²) in [5.41, 5.74) is 0. The molecule has 1 fully saturated rings. The van der Waals surface area contributed by atoms with Gasteiger partial charge in [0.05, 0.1) is 12.5 Å². The summed E-state index contributed by atoms with van der Waals surface area (Å²) in [5, 5.41) is 0. The maximum atomic E-state index is 11.6. The van der Waals surface area contributed by atoms with Crippen LogP contribution in [0.15, 0.2) is 0 Å². The summed E-state index contributed by atoms with van der Waals surface area (Å²) in [7, 11) is 0. The average molecular weight is 208 g/mol. The van der Waals surface area contributed by atoms with Gasteiger partial charge in [0.2, 0.25) is 0 Å². The highest BCUT2D eigenvalue weighted by molar-refractivity contribution is 5.72. The van der Waals surface area contributed by atoms with E-state index < -0.39 is 0 Å². The van der Waals surface area contributed by atoms with E-state index in [1.54, 1.807) is 0 Å². The van der Waals surface area contributed by atoms with Crippen molar-refractivity contribution in [1.82, 2.24) is 0 Å². The minimum atomic E-state index is -0.0149. The number of hydrogen-bond donors (Lipinski definition) is 0. The van der Waals surface area contributed by atoms with Crippen LogP contribution < -0.4 is 0 Å². The molecule has 0 bridgehead atoms. The predicted octanol–water partition coefficient (Wildman–Crippen LogP) is 2.77. The van der Waals surface area contributed by atoms with Gasteiger partial charge in [0.25, 0.3) is 0 Å². The van der Waals surface area contributed by atoms with Crippen LogP contribution in [0.4, 0.5) is 0 Å². The summed E-state index contributed by atoms with van der Waals surface area (Å²) in [5.74, 6) is 3.23. The highest BCUT2D eigenvalue weighted by Crippen LogP contribution is 2.28. The Hall–Kier alpha value is -0.970. The van der Waals surface area contributed by atoms with Crippen LogP contribution in [0.1, 0.15) is 45.4 Å². The van der Waals surface area contributed by atoms with E-state index in [-0.39, 0.29) is 11.9 Å². The van der Waals surface area contributed by atoms with Gasteiger partial charge in [-0.1, -0.05) is 13.3 Å². The molecule has 84 valence electrons. The fraction of sp³-hybridized carbons (Fsp3) is 0.769. The molecule has 1 rings (SSSR count). The lowest BCUT2D eigenvalue weighted by Crippen LogP contribution is -2.23. The Morgan fingerprint density at radius 1 is 1.40 bits per heavy atom. The van der Waals surface area contributed by atoms with Crippen LogP contribution in [-0.2, 0) is 9.53 Å². The summed E-state index contributed by atoms with van der Waals surface area (Å²) in [6.45, 7) is 2.66. The monoisotopic (exact) mass is 208 g/mol. The number of unbranched alkanes of at least 4 members (excludes halogenated alkanes) is 1. The molecule has 2 nitrogen and oxygen atoms in total. The topological polar surface area (TPSA) is 26.3 Å². The first kappa shape index (κ1) is 12.1. The molecule has 0 saturated heterocycles. The van der Waals surface area contributed by atoms with Crippen molar-refractivity contribution in [2.24, 2.45) is 11.8 Å². The molecule has 0 aliphatic heterocycles. The van der Waals surface area contributed by atoms with E-state index in [9.17, 15) is 4.79 Å². The molecule has 0 aromatic rings. The normalized spacial score (nSPS) is 25.6. The first-order valence-electron chi connectivity index (χ1n) is 5.90. The van der Waals surface area contributed by atoms with Crippen LogP contribution in [0.2, 0.25) is 0 Å². The smallest absolute Gasteiger partial charge is 0.308 e. The Morgan fingerprint density at radius 2 is 2.07 bits per heavy atom. The largest absolute Gasteiger partial charge is 0.465 e. The molecule has 1 saturated carbocycles. The lowest BCUT2D eigenvalue weighted by atomic mass is 9.82. The van der Waals surface area contributed by atoms with Gasteiger partial charge in [0, 0.05) is 5.92 Å². The minimum Gasteiger partial charge on any atom is -0.465 e. The van der Waals surface area contributed by atoms with Gasteiger partial charge in [-0.3, -0.25) is 4.79 Å². The van der Waals surface area contributed by atoms with Gasteiger partial charge >= 0.3 is 5.97 Å². The standard InChI is InChI=1S/C13H20O2/c1-3-5-10-15-13(14)12-8-6-11(4-2)7-9-12/h2,11-12H,3,5-10H2,1H3. The van der Waals surface area contributed by atoms with Crippen molar-refractivity contribution in [1.29, 1.82) is 0 Å². The fourth-order valence-electron chi connectivity index (χ4n) is 1.93. The quantitative estimate of drug-likeness (QED) is 0.403. The molecule has 0 atom stereocenters. The van der Waals surface area contributed by atoms with E-state index >= 15 is 0 Å².